The second-order valence-corrected chi connectivity index (χ2v) is 5.38. The zero-order valence-corrected chi connectivity index (χ0v) is 10.9. The number of fused-ring (bicyclic) bond motifs is 1. The Kier molecular flexibility index (Phi) is 3.32. The van der Waals surface area contributed by atoms with E-state index in [1.54, 1.807) is 0 Å². The van der Waals surface area contributed by atoms with Crippen LogP contribution >= 0.6 is 0 Å². The van der Waals surface area contributed by atoms with Crippen molar-refractivity contribution in [2.75, 3.05) is 19.6 Å². The first kappa shape index (κ1) is 12.1. The highest BCUT2D eigenvalue weighted by Gasteiger charge is 2.34. The average Bonchev–Trinajstić information content (AvgIpc) is 2.98. The molecule has 6 nitrogen and oxygen atoms in total. The molecule has 0 amide bonds. The quantitative estimate of drug-likeness (QED) is 0.827. The monoisotopic (exact) mass is 251 g/mol. The summed E-state index contributed by atoms with van der Waals surface area (Å²) < 4.78 is 5.05. The van der Waals surface area contributed by atoms with Gasteiger partial charge >= 0.3 is 0 Å². The highest BCUT2D eigenvalue weighted by atomic mass is 16.5. The lowest BCUT2D eigenvalue weighted by Crippen LogP contribution is -2.54. The molecule has 100 valence electrons. The molecule has 0 aliphatic carbocycles. The first-order chi connectivity index (χ1) is 8.76. The van der Waals surface area contributed by atoms with Gasteiger partial charge in [0.1, 0.15) is 0 Å². The first-order valence-corrected chi connectivity index (χ1v) is 6.76. The number of hydrogen-bond donors (Lipinski definition) is 1. The average molecular weight is 251 g/mol. The lowest BCUT2D eigenvalue weighted by Gasteiger charge is -2.41. The van der Waals surface area contributed by atoms with Crippen LogP contribution in [0.25, 0.3) is 0 Å². The summed E-state index contributed by atoms with van der Waals surface area (Å²) in [6.45, 7) is 6.91. The fourth-order valence-electron chi connectivity index (χ4n) is 3.09. The Hall–Kier alpha value is -0.980. The van der Waals surface area contributed by atoms with E-state index in [-0.39, 0.29) is 0 Å². The molecule has 2 atom stereocenters. The molecule has 2 aliphatic rings. The Labute approximate surface area is 107 Å². The molecule has 2 saturated heterocycles. The third-order valence-corrected chi connectivity index (χ3v) is 4.10. The van der Waals surface area contributed by atoms with E-state index >= 15 is 0 Å². The topological polar surface area (TPSA) is 71.4 Å². The number of hydrogen-bond acceptors (Lipinski definition) is 6. The fraction of sp³-hybridized carbons (Fsp3) is 0.833. The van der Waals surface area contributed by atoms with E-state index in [1.165, 1.54) is 19.4 Å². The molecule has 18 heavy (non-hydrogen) atoms. The molecule has 2 unspecified atom stereocenters. The lowest BCUT2D eigenvalue weighted by atomic mass is 10.1. The van der Waals surface area contributed by atoms with Crippen LogP contribution in [0.5, 0.6) is 0 Å². The predicted molar refractivity (Wildman–Crippen MR) is 66.7 cm³/mol. The molecule has 0 radical (unpaired) electrons. The van der Waals surface area contributed by atoms with Crippen LogP contribution in [0.15, 0.2) is 4.52 Å². The maximum absolute atomic E-state index is 5.48. The summed E-state index contributed by atoms with van der Waals surface area (Å²) >= 11 is 0. The van der Waals surface area contributed by atoms with E-state index in [4.69, 9.17) is 10.3 Å². The minimum absolute atomic E-state index is 0.318. The normalized spacial score (nSPS) is 29.7. The highest BCUT2D eigenvalue weighted by molar-refractivity contribution is 4.93. The number of nitrogens with zero attached hydrogens (tertiary/aromatic N) is 4. The van der Waals surface area contributed by atoms with Gasteiger partial charge in [0.05, 0.1) is 13.1 Å². The summed E-state index contributed by atoms with van der Waals surface area (Å²) in [4.78, 5) is 9.35. The Morgan fingerprint density at radius 3 is 3.11 bits per heavy atom. The van der Waals surface area contributed by atoms with Gasteiger partial charge in [-0.05, 0) is 26.3 Å². The second kappa shape index (κ2) is 4.95. The van der Waals surface area contributed by atoms with Gasteiger partial charge in [0.15, 0.2) is 5.82 Å². The molecule has 3 rings (SSSR count). The van der Waals surface area contributed by atoms with Crippen molar-refractivity contribution < 1.29 is 4.52 Å². The summed E-state index contributed by atoms with van der Waals surface area (Å²) in [6, 6.07) is 1.28. The molecule has 2 aliphatic heterocycles. The van der Waals surface area contributed by atoms with E-state index < -0.39 is 0 Å². The summed E-state index contributed by atoms with van der Waals surface area (Å²) in [5, 5.41) is 3.98. The van der Waals surface area contributed by atoms with Gasteiger partial charge in [-0.2, -0.15) is 4.98 Å². The van der Waals surface area contributed by atoms with Crippen molar-refractivity contribution in [2.45, 2.75) is 44.9 Å². The van der Waals surface area contributed by atoms with Crippen LogP contribution in [-0.4, -0.2) is 51.7 Å². The van der Waals surface area contributed by atoms with Gasteiger partial charge < -0.3 is 10.3 Å². The second-order valence-electron chi connectivity index (χ2n) is 5.38. The third-order valence-electron chi connectivity index (χ3n) is 4.10. The summed E-state index contributed by atoms with van der Waals surface area (Å²) in [6.07, 6.45) is 2.66. The molecule has 2 fully saturated rings. The smallest absolute Gasteiger partial charge is 0.240 e. The molecule has 0 aromatic carbocycles. The van der Waals surface area contributed by atoms with Crippen LogP contribution in [0, 0.1) is 0 Å². The first-order valence-electron chi connectivity index (χ1n) is 6.76. The molecule has 6 heteroatoms. The fourth-order valence-corrected chi connectivity index (χ4v) is 3.09. The molecule has 0 spiro atoms. The highest BCUT2D eigenvalue weighted by Crippen LogP contribution is 2.25. The van der Waals surface area contributed by atoms with E-state index in [2.05, 4.69) is 26.9 Å². The van der Waals surface area contributed by atoms with Gasteiger partial charge in [0.2, 0.25) is 5.89 Å². The number of aromatic nitrogens is 2. The van der Waals surface area contributed by atoms with Crippen molar-refractivity contribution >= 4 is 0 Å². The van der Waals surface area contributed by atoms with Crippen LogP contribution in [0.4, 0.5) is 0 Å². The van der Waals surface area contributed by atoms with Crippen LogP contribution in [0.3, 0.4) is 0 Å². The van der Waals surface area contributed by atoms with E-state index in [0.717, 1.165) is 31.5 Å². The van der Waals surface area contributed by atoms with Crippen LogP contribution in [0.1, 0.15) is 31.5 Å². The Morgan fingerprint density at radius 2 is 2.33 bits per heavy atom. The standard InChI is InChI=1S/C12H21N5O/c1-9-6-16-4-2-3-10(16)7-17(9)8-11-14-12(5-13)18-15-11/h9-10H,2-8,13H2,1H3. The molecular weight excluding hydrogens is 230 g/mol. The van der Waals surface area contributed by atoms with Gasteiger partial charge in [-0.15, -0.1) is 0 Å². The number of piperazine rings is 1. The summed E-state index contributed by atoms with van der Waals surface area (Å²) in [5.41, 5.74) is 5.48. The van der Waals surface area contributed by atoms with Crippen LogP contribution in [0.2, 0.25) is 0 Å². The zero-order valence-electron chi connectivity index (χ0n) is 10.9. The van der Waals surface area contributed by atoms with Crippen LogP contribution in [-0.2, 0) is 13.1 Å². The van der Waals surface area contributed by atoms with Crippen molar-refractivity contribution in [3.05, 3.63) is 11.7 Å². The SMILES string of the molecule is CC1CN2CCCC2CN1Cc1noc(CN)n1. The molecule has 2 N–H and O–H groups in total. The van der Waals surface area contributed by atoms with Crippen molar-refractivity contribution in [1.29, 1.82) is 0 Å². The minimum atomic E-state index is 0.318. The molecule has 1 aromatic rings. The van der Waals surface area contributed by atoms with Gasteiger partial charge in [0.25, 0.3) is 0 Å². The molecular formula is C12H21N5O. The van der Waals surface area contributed by atoms with E-state index in [1.807, 2.05) is 0 Å². The van der Waals surface area contributed by atoms with Crippen LogP contribution < -0.4 is 5.73 Å². The molecule has 1 aromatic heterocycles. The maximum Gasteiger partial charge on any atom is 0.240 e. The van der Waals surface area contributed by atoms with Gasteiger partial charge in [-0.25, -0.2) is 0 Å². The van der Waals surface area contributed by atoms with E-state index in [0.29, 0.717) is 18.5 Å². The predicted octanol–water partition coefficient (Wildman–Crippen LogP) is 0.197. The van der Waals surface area contributed by atoms with Crippen molar-refractivity contribution in [2.24, 2.45) is 5.73 Å². The Balaban J connectivity index is 1.64. The van der Waals surface area contributed by atoms with Crippen molar-refractivity contribution in [3.63, 3.8) is 0 Å². The minimum Gasteiger partial charge on any atom is -0.338 e. The summed E-state index contributed by atoms with van der Waals surface area (Å²) in [5.74, 6) is 1.28. The van der Waals surface area contributed by atoms with Crippen molar-refractivity contribution in [1.82, 2.24) is 19.9 Å². The largest absolute Gasteiger partial charge is 0.338 e. The summed E-state index contributed by atoms with van der Waals surface area (Å²) in [7, 11) is 0. The molecule has 0 bridgehead atoms. The van der Waals surface area contributed by atoms with Gasteiger partial charge in [0, 0.05) is 25.2 Å². The van der Waals surface area contributed by atoms with Gasteiger partial charge in [-0.3, -0.25) is 9.80 Å². The Bertz CT molecular complexity index is 407. The zero-order chi connectivity index (χ0) is 12.5. The Morgan fingerprint density at radius 1 is 1.44 bits per heavy atom. The maximum atomic E-state index is 5.48. The molecule has 0 saturated carbocycles. The van der Waals surface area contributed by atoms with Crippen molar-refractivity contribution in [3.8, 4) is 0 Å². The number of nitrogens with two attached hydrogens (primary N) is 1. The van der Waals surface area contributed by atoms with E-state index in [9.17, 15) is 0 Å². The molecule has 3 heterocycles. The van der Waals surface area contributed by atoms with Gasteiger partial charge in [-0.1, -0.05) is 5.16 Å². The lowest BCUT2D eigenvalue weighted by molar-refractivity contribution is 0.0517. The third kappa shape index (κ3) is 2.28. The number of rotatable bonds is 3.